The second kappa shape index (κ2) is 4.21. The zero-order chi connectivity index (χ0) is 10.8. The Morgan fingerprint density at radius 3 is 2.87 bits per heavy atom. The molecule has 4 heteroatoms. The second-order valence-electron chi connectivity index (χ2n) is 3.48. The van der Waals surface area contributed by atoms with Crippen molar-refractivity contribution in [2.24, 2.45) is 0 Å². The Kier molecular flexibility index (Phi) is 2.93. The van der Waals surface area contributed by atoms with E-state index in [1.807, 2.05) is 35.8 Å². The zero-order valence-electron chi connectivity index (χ0n) is 8.52. The molecule has 1 heterocycles. The molecule has 0 aliphatic heterocycles. The molecule has 2 rings (SSSR count). The third kappa shape index (κ3) is 1.73. The summed E-state index contributed by atoms with van der Waals surface area (Å²) >= 11 is 6.06. The maximum atomic E-state index is 9.27. The van der Waals surface area contributed by atoms with E-state index in [1.165, 1.54) is 0 Å². The number of halogens is 1. The Bertz CT molecular complexity index is 463. The Balaban J connectivity index is 2.62. The number of hydrogen-bond donors (Lipinski definition) is 1. The highest BCUT2D eigenvalue weighted by Gasteiger charge is 2.15. The maximum absolute atomic E-state index is 9.27. The number of aliphatic hydroxyl groups is 1. The molecule has 2 aromatic rings. The van der Waals surface area contributed by atoms with Gasteiger partial charge in [-0.25, -0.2) is 4.98 Å². The summed E-state index contributed by atoms with van der Waals surface area (Å²) in [6, 6.07) is 7.76. The fourth-order valence-corrected chi connectivity index (χ4v) is 2.08. The van der Waals surface area contributed by atoms with Crippen LogP contribution in [-0.2, 0) is 0 Å². The molecule has 0 bridgehead atoms. The minimum absolute atomic E-state index is 0.00454. The first-order valence-corrected chi connectivity index (χ1v) is 5.39. The number of benzene rings is 1. The number of hydrogen-bond acceptors (Lipinski definition) is 2. The predicted octanol–water partition coefficient (Wildman–Crippen LogP) is 2.63. The molecular weight excluding hydrogens is 212 g/mol. The molecule has 1 unspecified atom stereocenters. The summed E-state index contributed by atoms with van der Waals surface area (Å²) in [5.41, 5.74) is 1.85. The van der Waals surface area contributed by atoms with Crippen molar-refractivity contribution in [3.8, 4) is 0 Å². The first-order chi connectivity index (χ1) is 7.27. The van der Waals surface area contributed by atoms with E-state index in [9.17, 15) is 5.11 Å². The quantitative estimate of drug-likeness (QED) is 0.871. The van der Waals surface area contributed by atoms with Gasteiger partial charge in [-0.2, -0.15) is 0 Å². The molecule has 0 radical (unpaired) electrons. The fraction of sp³-hybridized carbons (Fsp3) is 0.364. The van der Waals surface area contributed by atoms with Gasteiger partial charge in [-0.3, -0.25) is 0 Å². The van der Waals surface area contributed by atoms with Gasteiger partial charge in [0.2, 0.25) is 5.28 Å². The Hall–Kier alpha value is -1.06. The maximum Gasteiger partial charge on any atom is 0.204 e. The Labute approximate surface area is 93.3 Å². The molecule has 1 aromatic carbocycles. The van der Waals surface area contributed by atoms with Crippen molar-refractivity contribution in [3.63, 3.8) is 0 Å². The molecule has 15 heavy (non-hydrogen) atoms. The van der Waals surface area contributed by atoms with E-state index in [-0.39, 0.29) is 12.6 Å². The number of imidazole rings is 1. The number of para-hydroxylation sites is 2. The molecule has 0 saturated carbocycles. The van der Waals surface area contributed by atoms with Crippen LogP contribution in [-0.4, -0.2) is 21.3 Å². The van der Waals surface area contributed by atoms with Gasteiger partial charge in [0.1, 0.15) is 0 Å². The van der Waals surface area contributed by atoms with Gasteiger partial charge in [0.15, 0.2) is 0 Å². The average molecular weight is 225 g/mol. The summed E-state index contributed by atoms with van der Waals surface area (Å²) in [6.45, 7) is 2.10. The highest BCUT2D eigenvalue weighted by molar-refractivity contribution is 6.29. The number of fused-ring (bicyclic) bond motifs is 1. The van der Waals surface area contributed by atoms with Crippen molar-refractivity contribution in [1.29, 1.82) is 0 Å². The van der Waals surface area contributed by atoms with E-state index in [4.69, 9.17) is 11.6 Å². The highest BCUT2D eigenvalue weighted by Crippen LogP contribution is 2.25. The van der Waals surface area contributed by atoms with E-state index < -0.39 is 0 Å². The van der Waals surface area contributed by atoms with Gasteiger partial charge in [0, 0.05) is 0 Å². The SMILES string of the molecule is CCC(CO)n1c(Cl)nc2ccccc21. The van der Waals surface area contributed by atoms with Crippen LogP contribution in [0.4, 0.5) is 0 Å². The molecule has 80 valence electrons. The van der Waals surface area contributed by atoms with E-state index in [0.717, 1.165) is 17.5 Å². The Morgan fingerprint density at radius 1 is 1.47 bits per heavy atom. The molecular formula is C11H13ClN2O. The van der Waals surface area contributed by atoms with Gasteiger partial charge >= 0.3 is 0 Å². The van der Waals surface area contributed by atoms with Crippen LogP contribution in [0.15, 0.2) is 24.3 Å². The number of nitrogens with zero attached hydrogens (tertiary/aromatic N) is 2. The van der Waals surface area contributed by atoms with E-state index in [0.29, 0.717) is 5.28 Å². The molecule has 1 aromatic heterocycles. The molecule has 0 spiro atoms. The summed E-state index contributed by atoms with van der Waals surface area (Å²) in [4.78, 5) is 4.25. The van der Waals surface area contributed by atoms with Crippen molar-refractivity contribution in [2.45, 2.75) is 19.4 Å². The van der Waals surface area contributed by atoms with E-state index in [2.05, 4.69) is 4.98 Å². The van der Waals surface area contributed by atoms with Crippen molar-refractivity contribution >= 4 is 22.6 Å². The van der Waals surface area contributed by atoms with Crippen LogP contribution < -0.4 is 0 Å². The Morgan fingerprint density at radius 2 is 2.20 bits per heavy atom. The molecule has 0 aliphatic rings. The van der Waals surface area contributed by atoms with Gasteiger partial charge in [0.25, 0.3) is 0 Å². The standard InChI is InChI=1S/C11H13ClN2O/c1-2-8(7-15)14-10-6-4-3-5-9(10)13-11(14)12/h3-6,8,15H,2,7H2,1H3. The van der Waals surface area contributed by atoms with Crippen LogP contribution in [0.5, 0.6) is 0 Å². The summed E-state index contributed by atoms with van der Waals surface area (Å²) in [7, 11) is 0. The van der Waals surface area contributed by atoms with Gasteiger partial charge in [-0.15, -0.1) is 0 Å². The minimum atomic E-state index is 0.00454. The van der Waals surface area contributed by atoms with Crippen LogP contribution in [0.1, 0.15) is 19.4 Å². The lowest BCUT2D eigenvalue weighted by Gasteiger charge is -2.15. The summed E-state index contributed by atoms with van der Waals surface area (Å²) in [5, 5.41) is 9.72. The van der Waals surface area contributed by atoms with Gasteiger partial charge in [0.05, 0.1) is 23.7 Å². The minimum Gasteiger partial charge on any atom is -0.394 e. The molecule has 0 aliphatic carbocycles. The number of aromatic nitrogens is 2. The highest BCUT2D eigenvalue weighted by atomic mass is 35.5. The molecule has 1 N–H and O–H groups in total. The van der Waals surface area contributed by atoms with Crippen LogP contribution in [0.3, 0.4) is 0 Å². The number of aliphatic hydroxyl groups excluding tert-OH is 1. The van der Waals surface area contributed by atoms with Crippen molar-refractivity contribution in [2.75, 3.05) is 6.61 Å². The summed E-state index contributed by atoms with van der Waals surface area (Å²) in [6.07, 6.45) is 0.830. The first-order valence-electron chi connectivity index (χ1n) is 5.01. The van der Waals surface area contributed by atoms with Crippen LogP contribution >= 0.6 is 11.6 Å². The molecule has 0 saturated heterocycles. The van der Waals surface area contributed by atoms with Crippen LogP contribution in [0, 0.1) is 0 Å². The van der Waals surface area contributed by atoms with Crippen LogP contribution in [0.25, 0.3) is 11.0 Å². The van der Waals surface area contributed by atoms with Gasteiger partial charge < -0.3 is 9.67 Å². The zero-order valence-corrected chi connectivity index (χ0v) is 9.28. The van der Waals surface area contributed by atoms with Gasteiger partial charge in [-0.05, 0) is 30.2 Å². The first kappa shape index (κ1) is 10.5. The summed E-state index contributed by atoms with van der Waals surface area (Å²) < 4.78 is 1.89. The van der Waals surface area contributed by atoms with Gasteiger partial charge in [-0.1, -0.05) is 19.1 Å². The molecule has 0 amide bonds. The molecule has 3 nitrogen and oxygen atoms in total. The van der Waals surface area contributed by atoms with E-state index in [1.54, 1.807) is 0 Å². The van der Waals surface area contributed by atoms with Crippen molar-refractivity contribution in [3.05, 3.63) is 29.5 Å². The number of rotatable bonds is 3. The lowest BCUT2D eigenvalue weighted by molar-refractivity contribution is 0.227. The third-order valence-corrected chi connectivity index (χ3v) is 2.87. The monoisotopic (exact) mass is 224 g/mol. The molecule has 0 fully saturated rings. The summed E-state index contributed by atoms with van der Waals surface area (Å²) in [5.74, 6) is 0. The average Bonchev–Trinajstić information content (AvgIpc) is 2.58. The normalized spacial score (nSPS) is 13.3. The topological polar surface area (TPSA) is 38.0 Å². The third-order valence-electron chi connectivity index (χ3n) is 2.60. The lowest BCUT2D eigenvalue weighted by Crippen LogP contribution is -2.12. The van der Waals surface area contributed by atoms with E-state index >= 15 is 0 Å². The predicted molar refractivity (Wildman–Crippen MR) is 61.2 cm³/mol. The van der Waals surface area contributed by atoms with Crippen LogP contribution in [0.2, 0.25) is 5.28 Å². The smallest absolute Gasteiger partial charge is 0.204 e. The second-order valence-corrected chi connectivity index (χ2v) is 3.82. The van der Waals surface area contributed by atoms with Crippen molar-refractivity contribution in [1.82, 2.24) is 9.55 Å². The largest absolute Gasteiger partial charge is 0.394 e. The lowest BCUT2D eigenvalue weighted by atomic mass is 10.2. The fourth-order valence-electron chi connectivity index (χ4n) is 1.76. The van der Waals surface area contributed by atoms with Crippen molar-refractivity contribution < 1.29 is 5.11 Å². The molecule has 1 atom stereocenters.